The van der Waals surface area contributed by atoms with Crippen LogP contribution in [0.2, 0.25) is 0 Å². The molecule has 0 saturated heterocycles. The fraction of sp³-hybridized carbons (Fsp3) is 0.188. The van der Waals surface area contributed by atoms with Gasteiger partial charge in [0.05, 0.1) is 24.8 Å². The van der Waals surface area contributed by atoms with Gasteiger partial charge in [-0.2, -0.15) is 0 Å². The molecule has 3 aromatic rings. The second-order valence-electron chi connectivity index (χ2n) is 5.22. The highest BCUT2D eigenvalue weighted by molar-refractivity contribution is 9.10. The Morgan fingerprint density at radius 3 is 2.58 bits per heavy atom. The van der Waals surface area contributed by atoms with E-state index in [1.807, 2.05) is 6.07 Å². The molecule has 126 valence electrons. The van der Waals surface area contributed by atoms with Gasteiger partial charge < -0.3 is 8.83 Å². The monoisotopic (exact) mass is 410 g/mol. The largest absolute Gasteiger partial charge is 0.459 e. The van der Waals surface area contributed by atoms with Crippen molar-refractivity contribution < 1.29 is 17.3 Å². The van der Waals surface area contributed by atoms with Gasteiger partial charge in [0.25, 0.3) is 5.89 Å². The molecule has 0 unspecified atom stereocenters. The maximum absolute atomic E-state index is 12.3. The van der Waals surface area contributed by atoms with Gasteiger partial charge in [-0.15, -0.1) is 0 Å². The Hall–Kier alpha value is -2.06. The van der Waals surface area contributed by atoms with Crippen molar-refractivity contribution in [2.45, 2.75) is 13.5 Å². The Labute approximate surface area is 148 Å². The van der Waals surface area contributed by atoms with Crippen molar-refractivity contribution in [3.05, 3.63) is 58.6 Å². The Morgan fingerprint density at radius 1 is 1.21 bits per heavy atom. The molecule has 2 aromatic heterocycles. The van der Waals surface area contributed by atoms with Crippen molar-refractivity contribution in [3.8, 4) is 11.7 Å². The molecule has 0 aliphatic rings. The van der Waals surface area contributed by atoms with E-state index in [2.05, 4.69) is 20.9 Å². The minimum absolute atomic E-state index is 0.0670. The average molecular weight is 411 g/mol. The summed E-state index contributed by atoms with van der Waals surface area (Å²) in [5, 5.41) is 0. The first-order chi connectivity index (χ1) is 11.4. The normalized spacial score (nSPS) is 11.6. The first-order valence-corrected chi connectivity index (χ1v) is 9.73. The molecule has 0 fully saturated rings. The molecule has 0 aliphatic heterocycles. The van der Waals surface area contributed by atoms with Gasteiger partial charge in [-0.3, -0.25) is 4.31 Å². The second kappa shape index (κ2) is 6.45. The molecular weight excluding hydrogens is 396 g/mol. The predicted octanol–water partition coefficient (Wildman–Crippen LogP) is 3.97. The van der Waals surface area contributed by atoms with Gasteiger partial charge in [0.1, 0.15) is 11.5 Å². The molecule has 0 saturated carbocycles. The summed E-state index contributed by atoms with van der Waals surface area (Å²) in [5.74, 6) is 1.37. The Morgan fingerprint density at radius 2 is 1.96 bits per heavy atom. The number of rotatable bonds is 5. The standard InChI is InChI=1S/C16H15BrN2O4S/c1-11-13(18-16(23-11)15-8-5-9-22-15)10-19(24(2,20)21)14-7-4-3-6-12(14)17/h3-9H,10H2,1-2H3. The van der Waals surface area contributed by atoms with E-state index in [0.717, 1.165) is 6.26 Å². The van der Waals surface area contributed by atoms with Crippen LogP contribution in [0.3, 0.4) is 0 Å². The molecule has 0 N–H and O–H groups in total. The lowest BCUT2D eigenvalue weighted by atomic mass is 10.3. The maximum atomic E-state index is 12.3. The van der Waals surface area contributed by atoms with E-state index in [1.54, 1.807) is 37.3 Å². The lowest BCUT2D eigenvalue weighted by molar-refractivity contribution is 0.499. The van der Waals surface area contributed by atoms with Gasteiger partial charge in [0, 0.05) is 4.47 Å². The van der Waals surface area contributed by atoms with Crippen LogP contribution in [0.1, 0.15) is 11.5 Å². The highest BCUT2D eigenvalue weighted by Gasteiger charge is 2.23. The zero-order chi connectivity index (χ0) is 17.3. The number of hydrogen-bond donors (Lipinski definition) is 0. The number of aryl methyl sites for hydroxylation is 1. The molecule has 3 rings (SSSR count). The maximum Gasteiger partial charge on any atom is 0.263 e. The van der Waals surface area contributed by atoms with E-state index in [-0.39, 0.29) is 6.54 Å². The molecule has 0 bridgehead atoms. The highest BCUT2D eigenvalue weighted by Crippen LogP contribution is 2.30. The van der Waals surface area contributed by atoms with E-state index in [9.17, 15) is 8.42 Å². The smallest absolute Gasteiger partial charge is 0.263 e. The fourth-order valence-corrected chi connectivity index (χ4v) is 3.74. The minimum atomic E-state index is -3.50. The van der Waals surface area contributed by atoms with Crippen LogP contribution in [0.15, 0.2) is 56.0 Å². The third-order valence-corrected chi connectivity index (χ3v) is 5.24. The number of nitrogens with zero attached hydrogens (tertiary/aromatic N) is 2. The number of hydrogen-bond acceptors (Lipinski definition) is 5. The molecule has 0 aliphatic carbocycles. The summed E-state index contributed by atoms with van der Waals surface area (Å²) < 4.78 is 37.4. The Kier molecular flexibility index (Phi) is 4.51. The van der Waals surface area contributed by atoms with E-state index in [1.165, 1.54) is 10.6 Å². The third kappa shape index (κ3) is 3.39. The molecule has 0 spiro atoms. The molecule has 0 radical (unpaired) electrons. The van der Waals surface area contributed by atoms with Gasteiger partial charge in [0.2, 0.25) is 10.0 Å². The molecule has 6 nitrogen and oxygen atoms in total. The van der Waals surface area contributed by atoms with Crippen LogP contribution in [0, 0.1) is 6.92 Å². The molecule has 8 heteroatoms. The first-order valence-electron chi connectivity index (χ1n) is 7.08. The van der Waals surface area contributed by atoms with Crippen LogP contribution in [-0.4, -0.2) is 19.7 Å². The van der Waals surface area contributed by atoms with Crippen LogP contribution < -0.4 is 4.31 Å². The quantitative estimate of drug-likeness (QED) is 0.635. The van der Waals surface area contributed by atoms with Crippen molar-refractivity contribution in [3.63, 3.8) is 0 Å². The van der Waals surface area contributed by atoms with E-state index in [4.69, 9.17) is 8.83 Å². The lowest BCUT2D eigenvalue weighted by Crippen LogP contribution is -2.30. The third-order valence-electron chi connectivity index (χ3n) is 3.44. The minimum Gasteiger partial charge on any atom is -0.459 e. The number of anilines is 1. The zero-order valence-corrected chi connectivity index (χ0v) is 15.5. The van der Waals surface area contributed by atoms with Crippen molar-refractivity contribution in [2.75, 3.05) is 10.6 Å². The number of sulfonamides is 1. The molecular formula is C16H15BrN2O4S. The summed E-state index contributed by atoms with van der Waals surface area (Å²) >= 11 is 3.39. The average Bonchev–Trinajstić information content (AvgIpc) is 3.14. The highest BCUT2D eigenvalue weighted by atomic mass is 79.9. The number of furan rings is 1. The van der Waals surface area contributed by atoms with Crippen LogP contribution in [0.4, 0.5) is 5.69 Å². The van der Waals surface area contributed by atoms with Crippen LogP contribution in [0.5, 0.6) is 0 Å². The summed E-state index contributed by atoms with van der Waals surface area (Å²) in [5.41, 5.74) is 1.07. The molecule has 1 aromatic carbocycles. The van der Waals surface area contributed by atoms with Gasteiger partial charge in [-0.05, 0) is 47.1 Å². The molecule has 0 amide bonds. The lowest BCUT2D eigenvalue weighted by Gasteiger charge is -2.22. The topological polar surface area (TPSA) is 76.6 Å². The number of para-hydroxylation sites is 1. The van der Waals surface area contributed by atoms with Crippen LogP contribution in [-0.2, 0) is 16.6 Å². The number of halogens is 1. The number of benzene rings is 1. The van der Waals surface area contributed by atoms with Gasteiger partial charge in [0.15, 0.2) is 5.76 Å². The Balaban J connectivity index is 1.99. The van der Waals surface area contributed by atoms with Crippen molar-refractivity contribution >= 4 is 31.6 Å². The van der Waals surface area contributed by atoms with Crippen molar-refractivity contribution in [1.82, 2.24) is 4.98 Å². The van der Waals surface area contributed by atoms with Gasteiger partial charge >= 0.3 is 0 Å². The summed E-state index contributed by atoms with van der Waals surface area (Å²) in [7, 11) is -3.50. The number of oxazole rings is 1. The molecule has 0 atom stereocenters. The van der Waals surface area contributed by atoms with E-state index in [0.29, 0.717) is 33.3 Å². The predicted molar refractivity (Wildman–Crippen MR) is 94.1 cm³/mol. The van der Waals surface area contributed by atoms with Crippen LogP contribution >= 0.6 is 15.9 Å². The second-order valence-corrected chi connectivity index (χ2v) is 7.98. The summed E-state index contributed by atoms with van der Waals surface area (Å²) in [6.45, 7) is 1.81. The van der Waals surface area contributed by atoms with Gasteiger partial charge in [-0.25, -0.2) is 13.4 Å². The Bertz CT molecular complexity index is 948. The summed E-state index contributed by atoms with van der Waals surface area (Å²) in [4.78, 5) is 4.38. The zero-order valence-electron chi connectivity index (χ0n) is 13.1. The van der Waals surface area contributed by atoms with E-state index < -0.39 is 10.0 Å². The van der Waals surface area contributed by atoms with E-state index >= 15 is 0 Å². The fourth-order valence-electron chi connectivity index (χ4n) is 2.25. The SMILES string of the molecule is Cc1oc(-c2ccco2)nc1CN(c1ccccc1Br)S(C)(=O)=O. The van der Waals surface area contributed by atoms with Crippen molar-refractivity contribution in [1.29, 1.82) is 0 Å². The van der Waals surface area contributed by atoms with Crippen molar-refractivity contribution in [2.24, 2.45) is 0 Å². The summed E-state index contributed by atoms with van der Waals surface area (Å²) in [6, 6.07) is 10.6. The molecule has 24 heavy (non-hydrogen) atoms. The summed E-state index contributed by atoms with van der Waals surface area (Å²) in [6.07, 6.45) is 2.69. The van der Waals surface area contributed by atoms with Crippen LogP contribution in [0.25, 0.3) is 11.7 Å². The van der Waals surface area contributed by atoms with Gasteiger partial charge in [-0.1, -0.05) is 12.1 Å². The molecule has 2 heterocycles. The number of aromatic nitrogens is 1. The first kappa shape index (κ1) is 16.8.